The molecular weight excluding hydrogens is 519 g/mol. The van der Waals surface area contributed by atoms with E-state index >= 15 is 0 Å². The lowest BCUT2D eigenvalue weighted by atomic mass is 10.1. The van der Waals surface area contributed by atoms with Crippen molar-refractivity contribution in [3.05, 3.63) is 65.5 Å². The van der Waals surface area contributed by atoms with Crippen molar-refractivity contribution < 1.29 is 9.59 Å². The number of hydrogen-bond donors (Lipinski definition) is 2. The van der Waals surface area contributed by atoms with E-state index in [0.29, 0.717) is 31.0 Å². The van der Waals surface area contributed by atoms with Gasteiger partial charge in [0.2, 0.25) is 5.91 Å². The largest absolute Gasteiger partial charge is 0.356 e. The Morgan fingerprint density at radius 3 is 2.47 bits per heavy atom. The van der Waals surface area contributed by atoms with E-state index in [1.54, 1.807) is 44.2 Å². The van der Waals surface area contributed by atoms with Gasteiger partial charge in [0.05, 0.1) is 6.54 Å². The molecule has 9 heteroatoms. The molecule has 2 amide bonds. The molecule has 1 aromatic carbocycles. The van der Waals surface area contributed by atoms with Gasteiger partial charge in [-0.2, -0.15) is 0 Å². The molecule has 2 aromatic rings. The molecule has 32 heavy (non-hydrogen) atoms. The minimum atomic E-state index is -0.0196. The average molecular weight is 552 g/mol. The molecule has 0 aliphatic carbocycles. The number of halogens is 1. The fourth-order valence-corrected chi connectivity index (χ4v) is 2.91. The Labute approximate surface area is 207 Å². The minimum absolute atomic E-state index is 0. The summed E-state index contributed by atoms with van der Waals surface area (Å²) in [5.74, 6) is 0.527. The minimum Gasteiger partial charge on any atom is -0.356 e. The maximum Gasteiger partial charge on any atom is 0.253 e. The predicted octanol–water partition coefficient (Wildman–Crippen LogP) is 1.81. The lowest BCUT2D eigenvalue weighted by Gasteiger charge is -2.18. The summed E-state index contributed by atoms with van der Waals surface area (Å²) in [6.45, 7) is 1.39. The Bertz CT molecular complexity index is 889. The lowest BCUT2D eigenvalue weighted by Crippen LogP contribution is -2.44. The second-order valence-corrected chi connectivity index (χ2v) is 7.39. The quantitative estimate of drug-likeness (QED) is 0.282. The Morgan fingerprint density at radius 2 is 1.81 bits per heavy atom. The molecule has 174 valence electrons. The van der Waals surface area contributed by atoms with Gasteiger partial charge in [0.15, 0.2) is 5.96 Å². The number of aliphatic imine (C=N–C) groups is 1. The number of carbonyl (C=O) groups excluding carboxylic acids is 2. The number of rotatable bonds is 9. The van der Waals surface area contributed by atoms with E-state index in [9.17, 15) is 9.59 Å². The number of likely N-dealkylation sites (N-methyl/N-ethyl adjacent to an activating group) is 1. The van der Waals surface area contributed by atoms with Crippen molar-refractivity contribution in [2.75, 3.05) is 47.8 Å². The SMILES string of the molecule is CN=C(NCCc1cccc(C(=O)N(C)C)c1)NCC(=O)N(C)CCc1ccccn1.I. The van der Waals surface area contributed by atoms with Gasteiger partial charge in [-0.25, -0.2) is 0 Å². The second kappa shape index (κ2) is 14.4. The molecular formula is C23H33IN6O2. The zero-order valence-corrected chi connectivity index (χ0v) is 21.5. The molecule has 2 N–H and O–H groups in total. The summed E-state index contributed by atoms with van der Waals surface area (Å²) in [7, 11) is 6.93. The molecule has 0 atom stereocenters. The Kier molecular flexibility index (Phi) is 12.3. The normalized spacial score (nSPS) is 10.7. The molecule has 0 spiro atoms. The van der Waals surface area contributed by atoms with Crippen LogP contribution in [0.15, 0.2) is 53.7 Å². The number of pyridine rings is 1. The molecule has 8 nitrogen and oxygen atoms in total. The van der Waals surface area contributed by atoms with Gasteiger partial charge >= 0.3 is 0 Å². The Morgan fingerprint density at radius 1 is 1.03 bits per heavy atom. The van der Waals surface area contributed by atoms with Crippen LogP contribution in [0.5, 0.6) is 0 Å². The van der Waals surface area contributed by atoms with Gasteiger partial charge in [0, 0.05) is 65.2 Å². The van der Waals surface area contributed by atoms with Gasteiger partial charge in [-0.15, -0.1) is 24.0 Å². The smallest absolute Gasteiger partial charge is 0.253 e. The number of aromatic nitrogens is 1. The first-order valence-electron chi connectivity index (χ1n) is 10.3. The van der Waals surface area contributed by atoms with Gasteiger partial charge in [0.25, 0.3) is 5.91 Å². The third-order valence-electron chi connectivity index (χ3n) is 4.77. The summed E-state index contributed by atoms with van der Waals surface area (Å²) in [5.41, 5.74) is 2.69. The Hall–Kier alpha value is -2.69. The van der Waals surface area contributed by atoms with Crippen LogP contribution < -0.4 is 10.6 Å². The van der Waals surface area contributed by atoms with E-state index in [1.807, 2.05) is 42.5 Å². The molecule has 1 aromatic heterocycles. The van der Waals surface area contributed by atoms with E-state index in [-0.39, 0.29) is 42.3 Å². The molecule has 1 heterocycles. The molecule has 0 aliphatic rings. The van der Waals surface area contributed by atoms with Crippen LogP contribution in [0.1, 0.15) is 21.6 Å². The van der Waals surface area contributed by atoms with E-state index in [4.69, 9.17) is 0 Å². The van der Waals surface area contributed by atoms with Crippen molar-refractivity contribution >= 4 is 41.8 Å². The van der Waals surface area contributed by atoms with Gasteiger partial charge in [-0.05, 0) is 36.2 Å². The number of carbonyl (C=O) groups is 2. The number of amides is 2. The third-order valence-corrected chi connectivity index (χ3v) is 4.77. The highest BCUT2D eigenvalue weighted by atomic mass is 127. The molecule has 0 aliphatic heterocycles. The fourth-order valence-electron chi connectivity index (χ4n) is 2.91. The van der Waals surface area contributed by atoms with Crippen LogP contribution in [0.3, 0.4) is 0 Å². The highest BCUT2D eigenvalue weighted by Crippen LogP contribution is 2.07. The topological polar surface area (TPSA) is 89.9 Å². The van der Waals surface area contributed by atoms with E-state index < -0.39 is 0 Å². The first-order chi connectivity index (χ1) is 14.9. The maximum atomic E-state index is 12.4. The lowest BCUT2D eigenvalue weighted by molar-refractivity contribution is -0.128. The van der Waals surface area contributed by atoms with Crippen LogP contribution in [0, 0.1) is 0 Å². The fraction of sp³-hybridized carbons (Fsp3) is 0.391. The molecule has 0 saturated heterocycles. The van der Waals surface area contributed by atoms with E-state index in [0.717, 1.165) is 17.7 Å². The van der Waals surface area contributed by atoms with Crippen molar-refractivity contribution in [2.45, 2.75) is 12.8 Å². The molecule has 0 unspecified atom stereocenters. The van der Waals surface area contributed by atoms with Crippen LogP contribution >= 0.6 is 24.0 Å². The standard InChI is InChI=1S/C23H32N6O2.HI/c1-24-23(26-14-11-18-8-7-9-19(16-18)22(31)28(2)3)27-17-21(30)29(4)15-12-20-10-5-6-13-25-20;/h5-10,13,16H,11-12,14-15,17H2,1-4H3,(H2,24,26,27);1H. The van der Waals surface area contributed by atoms with Crippen LogP contribution in [0.2, 0.25) is 0 Å². The van der Waals surface area contributed by atoms with Gasteiger partial charge in [-0.3, -0.25) is 19.6 Å². The zero-order valence-electron chi connectivity index (χ0n) is 19.2. The van der Waals surface area contributed by atoms with Gasteiger partial charge in [-0.1, -0.05) is 18.2 Å². The van der Waals surface area contributed by atoms with Crippen molar-refractivity contribution in [1.29, 1.82) is 0 Å². The van der Waals surface area contributed by atoms with Crippen LogP contribution in [-0.4, -0.2) is 80.4 Å². The maximum absolute atomic E-state index is 12.4. The van der Waals surface area contributed by atoms with Gasteiger partial charge in [0.1, 0.15) is 0 Å². The summed E-state index contributed by atoms with van der Waals surface area (Å²) in [6, 6.07) is 13.4. The monoisotopic (exact) mass is 552 g/mol. The van der Waals surface area contributed by atoms with Crippen molar-refractivity contribution in [3.63, 3.8) is 0 Å². The molecule has 0 fully saturated rings. The first-order valence-corrected chi connectivity index (χ1v) is 10.3. The summed E-state index contributed by atoms with van der Waals surface area (Å²) < 4.78 is 0. The van der Waals surface area contributed by atoms with E-state index in [2.05, 4.69) is 20.6 Å². The average Bonchev–Trinajstić information content (AvgIpc) is 2.79. The zero-order chi connectivity index (χ0) is 22.6. The molecule has 2 rings (SSSR count). The number of nitrogens with one attached hydrogen (secondary N) is 2. The number of guanidine groups is 1. The molecule has 0 radical (unpaired) electrons. The highest BCUT2D eigenvalue weighted by molar-refractivity contribution is 14.0. The number of hydrogen-bond acceptors (Lipinski definition) is 4. The van der Waals surface area contributed by atoms with Gasteiger partial charge < -0.3 is 20.4 Å². The predicted molar refractivity (Wildman–Crippen MR) is 139 cm³/mol. The number of benzene rings is 1. The van der Waals surface area contributed by atoms with Crippen LogP contribution in [-0.2, 0) is 17.6 Å². The van der Waals surface area contributed by atoms with Crippen molar-refractivity contribution in [1.82, 2.24) is 25.4 Å². The van der Waals surface area contributed by atoms with Crippen molar-refractivity contribution in [3.8, 4) is 0 Å². The molecule has 0 bridgehead atoms. The van der Waals surface area contributed by atoms with Crippen LogP contribution in [0.25, 0.3) is 0 Å². The molecule has 0 saturated carbocycles. The van der Waals surface area contributed by atoms with Crippen LogP contribution in [0.4, 0.5) is 0 Å². The summed E-state index contributed by atoms with van der Waals surface area (Å²) in [4.78, 5) is 36.1. The highest BCUT2D eigenvalue weighted by Gasteiger charge is 2.11. The Balaban J connectivity index is 0.00000512. The summed E-state index contributed by atoms with van der Waals surface area (Å²) in [5, 5.41) is 6.25. The summed E-state index contributed by atoms with van der Waals surface area (Å²) in [6.07, 6.45) is 3.20. The summed E-state index contributed by atoms with van der Waals surface area (Å²) >= 11 is 0. The second-order valence-electron chi connectivity index (χ2n) is 7.39. The first kappa shape index (κ1) is 27.3. The van der Waals surface area contributed by atoms with Crippen molar-refractivity contribution in [2.24, 2.45) is 4.99 Å². The van der Waals surface area contributed by atoms with E-state index in [1.165, 1.54) is 0 Å². The number of nitrogens with zero attached hydrogens (tertiary/aromatic N) is 4. The third kappa shape index (κ3) is 9.21.